The van der Waals surface area contributed by atoms with Crippen LogP contribution >= 0.6 is 0 Å². The van der Waals surface area contributed by atoms with Crippen molar-refractivity contribution in [1.82, 2.24) is 0 Å². The first kappa shape index (κ1) is 13.1. The predicted octanol–water partition coefficient (Wildman–Crippen LogP) is 1.05. The third kappa shape index (κ3) is 2.60. The second-order valence-electron chi connectivity index (χ2n) is 3.88. The van der Waals surface area contributed by atoms with Gasteiger partial charge in [-0.1, -0.05) is 44.0 Å². The Kier molecular flexibility index (Phi) is 4.90. The van der Waals surface area contributed by atoms with E-state index in [0.717, 1.165) is 23.0 Å². The summed E-state index contributed by atoms with van der Waals surface area (Å²) < 4.78 is 11.8. The summed E-state index contributed by atoms with van der Waals surface area (Å²) in [5.41, 5.74) is 0. The Morgan fingerprint density at radius 2 is 1.94 bits per heavy atom. The number of unbranched alkanes of at least 4 members (excludes halogenated alkanes) is 2. The van der Waals surface area contributed by atoms with Gasteiger partial charge in [-0.05, 0) is 23.3 Å². The molecule has 0 spiro atoms. The van der Waals surface area contributed by atoms with E-state index in [1.54, 1.807) is 0 Å². The minimum Gasteiger partial charge on any atom is -0.412 e. The lowest BCUT2D eigenvalue weighted by molar-refractivity contribution is 0.692. The molecule has 1 aromatic carbocycles. The van der Waals surface area contributed by atoms with Gasteiger partial charge in [0.1, 0.15) is 0 Å². The maximum Gasteiger partial charge on any atom is 0.0747 e. The molecule has 1 aliphatic heterocycles. The second-order valence-corrected chi connectivity index (χ2v) is 5.21. The molecule has 88 valence electrons. The van der Waals surface area contributed by atoms with Crippen LogP contribution in [0.5, 0.6) is 0 Å². The minimum absolute atomic E-state index is 0. The lowest BCUT2D eigenvalue weighted by Gasteiger charge is -2.00. The summed E-state index contributed by atoms with van der Waals surface area (Å²) in [4.78, 5) is 1.12. The smallest absolute Gasteiger partial charge is 0.0747 e. The third-order valence-corrected chi connectivity index (χ3v) is 4.12. The summed E-state index contributed by atoms with van der Waals surface area (Å²) in [7, 11) is -0.869. The molecule has 2 rings (SSSR count). The van der Waals surface area contributed by atoms with E-state index < -0.39 is 10.8 Å². The minimum atomic E-state index is -0.869. The Morgan fingerprint density at radius 1 is 1.19 bits per heavy atom. The van der Waals surface area contributed by atoms with Gasteiger partial charge in [0.15, 0.2) is 0 Å². The van der Waals surface area contributed by atoms with Gasteiger partial charge in [0, 0.05) is 10.3 Å². The van der Waals surface area contributed by atoms with Crippen molar-refractivity contribution in [2.45, 2.75) is 32.6 Å². The van der Waals surface area contributed by atoms with E-state index in [4.69, 9.17) is 0 Å². The normalized spacial score (nSPS) is 17.6. The molecule has 2 nitrogen and oxygen atoms in total. The van der Waals surface area contributed by atoms with Gasteiger partial charge in [0.05, 0.1) is 10.8 Å². The van der Waals surface area contributed by atoms with Crippen molar-refractivity contribution >= 4 is 21.1 Å². The van der Waals surface area contributed by atoms with Crippen LogP contribution in [0.1, 0.15) is 32.6 Å². The SMILES string of the molecule is CCCCCC1=c2ccccc2=CS1=O.O. The highest BCUT2D eigenvalue weighted by molar-refractivity contribution is 8.01. The first-order chi connectivity index (χ1) is 7.33. The molecule has 0 saturated heterocycles. The molecule has 0 bridgehead atoms. The van der Waals surface area contributed by atoms with Crippen molar-refractivity contribution in [2.75, 3.05) is 0 Å². The van der Waals surface area contributed by atoms with Gasteiger partial charge in [0.2, 0.25) is 0 Å². The Labute approximate surface area is 98.5 Å². The molecule has 0 radical (unpaired) electrons. The van der Waals surface area contributed by atoms with Gasteiger partial charge in [-0.3, -0.25) is 0 Å². The van der Waals surface area contributed by atoms with Crippen molar-refractivity contribution in [3.05, 3.63) is 34.7 Å². The molecule has 3 heteroatoms. The molecule has 0 saturated carbocycles. The average Bonchev–Trinajstić information content (AvgIpc) is 2.56. The lowest BCUT2D eigenvalue weighted by Crippen LogP contribution is -2.21. The summed E-state index contributed by atoms with van der Waals surface area (Å²) in [5, 5.41) is 4.21. The van der Waals surface area contributed by atoms with E-state index in [9.17, 15) is 4.21 Å². The highest BCUT2D eigenvalue weighted by atomic mass is 32.2. The van der Waals surface area contributed by atoms with Gasteiger partial charge in [0.25, 0.3) is 0 Å². The van der Waals surface area contributed by atoms with E-state index in [2.05, 4.69) is 13.0 Å². The predicted molar refractivity (Wildman–Crippen MR) is 69.5 cm³/mol. The molecule has 16 heavy (non-hydrogen) atoms. The number of hydrogen-bond donors (Lipinski definition) is 0. The van der Waals surface area contributed by atoms with Crippen molar-refractivity contribution in [3.63, 3.8) is 0 Å². The molecule has 0 amide bonds. The number of hydrogen-bond acceptors (Lipinski definition) is 1. The average molecular weight is 238 g/mol. The van der Waals surface area contributed by atoms with E-state index in [1.165, 1.54) is 18.1 Å². The first-order valence-corrected chi connectivity index (χ1v) is 6.75. The molecule has 0 aliphatic carbocycles. The van der Waals surface area contributed by atoms with Crippen LogP contribution in [0.4, 0.5) is 0 Å². The van der Waals surface area contributed by atoms with Crippen molar-refractivity contribution in [1.29, 1.82) is 0 Å². The van der Waals surface area contributed by atoms with Crippen LogP contribution < -0.4 is 10.4 Å². The molecule has 1 unspecified atom stereocenters. The molecule has 0 fully saturated rings. The molecular formula is C13H18O2S. The first-order valence-electron chi connectivity index (χ1n) is 5.53. The summed E-state index contributed by atoms with van der Waals surface area (Å²) in [6.45, 7) is 2.19. The monoisotopic (exact) mass is 238 g/mol. The van der Waals surface area contributed by atoms with Crippen LogP contribution in [0.15, 0.2) is 24.3 Å². The zero-order valence-electron chi connectivity index (χ0n) is 9.53. The van der Waals surface area contributed by atoms with Gasteiger partial charge < -0.3 is 5.48 Å². The number of benzene rings is 1. The summed E-state index contributed by atoms with van der Waals surface area (Å²) in [5.74, 6) is 0. The van der Waals surface area contributed by atoms with Gasteiger partial charge in [-0.15, -0.1) is 0 Å². The Morgan fingerprint density at radius 3 is 2.69 bits per heavy atom. The van der Waals surface area contributed by atoms with Crippen LogP contribution in [0.2, 0.25) is 0 Å². The van der Waals surface area contributed by atoms with Crippen molar-refractivity contribution in [3.8, 4) is 0 Å². The number of fused-ring (bicyclic) bond motifs is 1. The van der Waals surface area contributed by atoms with Crippen molar-refractivity contribution < 1.29 is 9.69 Å². The Bertz CT molecular complexity index is 491. The van der Waals surface area contributed by atoms with E-state index in [-0.39, 0.29) is 5.48 Å². The Balaban J connectivity index is 0.00000128. The molecule has 0 aromatic heterocycles. The fraction of sp³-hybridized carbons (Fsp3) is 0.385. The summed E-state index contributed by atoms with van der Waals surface area (Å²) in [6.07, 6.45) is 4.57. The van der Waals surface area contributed by atoms with E-state index in [1.807, 2.05) is 23.6 Å². The number of rotatable bonds is 4. The molecule has 1 aliphatic rings. The third-order valence-electron chi connectivity index (χ3n) is 2.75. The molecular weight excluding hydrogens is 220 g/mol. The van der Waals surface area contributed by atoms with Crippen LogP contribution in [0.3, 0.4) is 0 Å². The standard InChI is InChI=1S/C13H16OS.H2O/c1-2-3-4-9-13-12-8-6-5-7-11(12)10-15(13)14;/h5-8,10H,2-4,9H2,1H3;1H2. The fourth-order valence-corrected chi connectivity index (χ4v) is 3.25. The van der Waals surface area contributed by atoms with E-state index >= 15 is 0 Å². The Hall–Kier alpha value is -0.930. The van der Waals surface area contributed by atoms with Gasteiger partial charge >= 0.3 is 0 Å². The molecule has 1 heterocycles. The highest BCUT2D eigenvalue weighted by Gasteiger charge is 2.11. The largest absolute Gasteiger partial charge is 0.412 e. The maximum atomic E-state index is 11.8. The van der Waals surface area contributed by atoms with Crippen molar-refractivity contribution in [2.24, 2.45) is 0 Å². The fourth-order valence-electron chi connectivity index (χ4n) is 1.92. The highest BCUT2D eigenvalue weighted by Crippen LogP contribution is 2.15. The quantitative estimate of drug-likeness (QED) is 0.723. The lowest BCUT2D eigenvalue weighted by atomic mass is 10.1. The molecule has 2 N–H and O–H groups in total. The van der Waals surface area contributed by atoms with Gasteiger partial charge in [-0.25, -0.2) is 4.21 Å². The molecule has 1 atom stereocenters. The van der Waals surface area contributed by atoms with Gasteiger partial charge in [-0.2, -0.15) is 0 Å². The molecule has 1 aromatic rings. The summed E-state index contributed by atoms with van der Waals surface area (Å²) >= 11 is 0. The summed E-state index contributed by atoms with van der Waals surface area (Å²) in [6, 6.07) is 8.15. The topological polar surface area (TPSA) is 48.6 Å². The maximum absolute atomic E-state index is 11.8. The van der Waals surface area contributed by atoms with Crippen LogP contribution in [0, 0.1) is 0 Å². The van der Waals surface area contributed by atoms with Crippen LogP contribution in [-0.4, -0.2) is 9.69 Å². The van der Waals surface area contributed by atoms with Crippen LogP contribution in [0.25, 0.3) is 10.3 Å². The zero-order valence-corrected chi connectivity index (χ0v) is 10.3. The zero-order chi connectivity index (χ0) is 10.7. The van der Waals surface area contributed by atoms with E-state index in [0.29, 0.717) is 0 Å². The second kappa shape index (κ2) is 5.97. The van der Waals surface area contributed by atoms with Crippen LogP contribution in [-0.2, 0) is 10.8 Å².